The number of benzene rings is 1. The maximum atomic E-state index is 2.32. The van der Waals surface area contributed by atoms with Gasteiger partial charge >= 0.3 is 0 Å². The lowest BCUT2D eigenvalue weighted by molar-refractivity contribution is 0.656. The predicted octanol–water partition coefficient (Wildman–Crippen LogP) is 7.01. The van der Waals surface area contributed by atoms with Gasteiger partial charge in [-0.25, -0.2) is 0 Å². The van der Waals surface area contributed by atoms with E-state index < -0.39 is 0 Å². The van der Waals surface area contributed by atoms with Crippen LogP contribution in [0, 0.1) is 0 Å². The lowest BCUT2D eigenvalue weighted by Gasteiger charge is -2.15. The second-order valence-corrected chi connectivity index (χ2v) is 5.72. The third-order valence-electron chi connectivity index (χ3n) is 4.09. The van der Waals surface area contributed by atoms with Crippen molar-refractivity contribution in [2.45, 2.75) is 78.6 Å². The molecule has 0 aliphatic carbocycles. The highest BCUT2D eigenvalue weighted by Gasteiger charge is 2.07. The molecule has 0 nitrogen and oxygen atoms in total. The van der Waals surface area contributed by atoms with E-state index in [0.717, 1.165) is 0 Å². The minimum absolute atomic E-state index is 1.21. The average Bonchev–Trinajstić information content (AvgIpc) is 2.50. The van der Waals surface area contributed by atoms with Crippen LogP contribution in [0.15, 0.2) is 35.9 Å². The van der Waals surface area contributed by atoms with Gasteiger partial charge in [0.15, 0.2) is 0 Å². The van der Waals surface area contributed by atoms with Crippen LogP contribution in [-0.4, -0.2) is 0 Å². The first kappa shape index (κ1) is 17.0. The molecule has 112 valence electrons. The molecule has 0 amide bonds. The van der Waals surface area contributed by atoms with E-state index in [0.29, 0.717) is 0 Å². The SMILES string of the molecule is CCCCCCC(CC)=C(CCCC)c1ccccc1. The number of hydrogen-bond donors (Lipinski definition) is 0. The molecule has 1 aromatic rings. The first-order valence-electron chi connectivity index (χ1n) is 8.59. The maximum Gasteiger partial charge on any atom is -0.0225 e. The third kappa shape index (κ3) is 5.94. The van der Waals surface area contributed by atoms with Gasteiger partial charge in [-0.2, -0.15) is 0 Å². The summed E-state index contributed by atoms with van der Waals surface area (Å²) in [6.07, 6.45) is 11.8. The molecule has 0 heterocycles. The van der Waals surface area contributed by atoms with Crippen LogP contribution in [0.25, 0.3) is 5.57 Å². The fourth-order valence-electron chi connectivity index (χ4n) is 2.82. The maximum absolute atomic E-state index is 2.32. The van der Waals surface area contributed by atoms with Gasteiger partial charge in [0.05, 0.1) is 0 Å². The van der Waals surface area contributed by atoms with Gasteiger partial charge in [0.1, 0.15) is 0 Å². The summed E-state index contributed by atoms with van der Waals surface area (Å²) in [6, 6.07) is 11.0. The van der Waals surface area contributed by atoms with E-state index in [1.165, 1.54) is 63.4 Å². The fraction of sp³-hybridized carbons (Fsp3) is 0.600. The summed E-state index contributed by atoms with van der Waals surface area (Å²) < 4.78 is 0. The van der Waals surface area contributed by atoms with Gasteiger partial charge in [0, 0.05) is 0 Å². The topological polar surface area (TPSA) is 0 Å². The molecule has 0 fully saturated rings. The number of rotatable bonds is 10. The molecule has 0 saturated carbocycles. The number of allylic oxidation sites excluding steroid dienone is 2. The number of unbranched alkanes of at least 4 members (excludes halogenated alkanes) is 4. The Balaban J connectivity index is 2.82. The smallest absolute Gasteiger partial charge is 0.0225 e. The summed E-state index contributed by atoms with van der Waals surface area (Å²) in [6.45, 7) is 6.90. The van der Waals surface area contributed by atoms with E-state index in [1.807, 2.05) is 0 Å². The van der Waals surface area contributed by atoms with Gasteiger partial charge in [-0.05, 0) is 43.2 Å². The fourth-order valence-corrected chi connectivity index (χ4v) is 2.82. The lowest BCUT2D eigenvalue weighted by Crippen LogP contribution is -1.94. The molecule has 1 aromatic carbocycles. The Morgan fingerprint density at radius 2 is 1.45 bits per heavy atom. The van der Waals surface area contributed by atoms with Crippen LogP contribution in [0.4, 0.5) is 0 Å². The van der Waals surface area contributed by atoms with Crippen molar-refractivity contribution < 1.29 is 0 Å². The molecule has 0 unspecified atom stereocenters. The van der Waals surface area contributed by atoms with Crippen molar-refractivity contribution in [3.63, 3.8) is 0 Å². The van der Waals surface area contributed by atoms with Crippen molar-refractivity contribution >= 4 is 5.57 Å². The van der Waals surface area contributed by atoms with Crippen molar-refractivity contribution in [2.24, 2.45) is 0 Å². The Morgan fingerprint density at radius 3 is 2.05 bits per heavy atom. The Bertz CT molecular complexity index is 372. The van der Waals surface area contributed by atoms with Crippen LogP contribution in [0.5, 0.6) is 0 Å². The first-order chi connectivity index (χ1) is 9.83. The van der Waals surface area contributed by atoms with Gasteiger partial charge in [0.25, 0.3) is 0 Å². The quantitative estimate of drug-likeness (QED) is 0.402. The molecular weight excluding hydrogens is 240 g/mol. The Morgan fingerprint density at radius 1 is 0.750 bits per heavy atom. The van der Waals surface area contributed by atoms with Crippen LogP contribution in [0.3, 0.4) is 0 Å². The summed E-state index contributed by atoms with van der Waals surface area (Å²) >= 11 is 0. The minimum Gasteiger partial charge on any atom is -0.0667 e. The molecule has 0 aliphatic rings. The van der Waals surface area contributed by atoms with Gasteiger partial charge in [-0.3, -0.25) is 0 Å². The lowest BCUT2D eigenvalue weighted by atomic mass is 9.91. The Labute approximate surface area is 126 Å². The van der Waals surface area contributed by atoms with Crippen LogP contribution in [0.2, 0.25) is 0 Å². The molecule has 0 spiro atoms. The zero-order chi connectivity index (χ0) is 14.6. The van der Waals surface area contributed by atoms with Crippen molar-refractivity contribution in [1.82, 2.24) is 0 Å². The van der Waals surface area contributed by atoms with Gasteiger partial charge in [-0.1, -0.05) is 82.4 Å². The largest absolute Gasteiger partial charge is 0.0667 e. The molecule has 0 bridgehead atoms. The summed E-state index contributed by atoms with van der Waals surface area (Å²) in [5.41, 5.74) is 4.78. The molecule has 0 radical (unpaired) electrons. The van der Waals surface area contributed by atoms with Crippen LogP contribution < -0.4 is 0 Å². The van der Waals surface area contributed by atoms with E-state index in [-0.39, 0.29) is 0 Å². The second-order valence-electron chi connectivity index (χ2n) is 5.72. The van der Waals surface area contributed by atoms with Gasteiger partial charge in [-0.15, -0.1) is 0 Å². The molecular formula is C20H32. The van der Waals surface area contributed by atoms with E-state index in [1.54, 1.807) is 11.1 Å². The first-order valence-corrected chi connectivity index (χ1v) is 8.59. The Kier molecular flexibility index (Phi) is 9.11. The molecule has 0 atom stereocenters. The summed E-state index contributed by atoms with van der Waals surface area (Å²) in [5, 5.41) is 0. The van der Waals surface area contributed by atoms with Crippen molar-refractivity contribution in [2.75, 3.05) is 0 Å². The van der Waals surface area contributed by atoms with Gasteiger partial charge in [0.2, 0.25) is 0 Å². The van der Waals surface area contributed by atoms with E-state index in [2.05, 4.69) is 51.1 Å². The monoisotopic (exact) mass is 272 g/mol. The predicted molar refractivity (Wildman–Crippen MR) is 91.9 cm³/mol. The highest BCUT2D eigenvalue weighted by molar-refractivity contribution is 5.68. The summed E-state index contributed by atoms with van der Waals surface area (Å²) in [5.74, 6) is 0. The number of hydrogen-bond acceptors (Lipinski definition) is 0. The molecule has 0 aliphatic heterocycles. The highest BCUT2D eigenvalue weighted by Crippen LogP contribution is 2.29. The zero-order valence-corrected chi connectivity index (χ0v) is 13.8. The molecule has 0 aromatic heterocycles. The average molecular weight is 272 g/mol. The van der Waals surface area contributed by atoms with Crippen LogP contribution in [0.1, 0.15) is 84.1 Å². The molecule has 1 rings (SSSR count). The van der Waals surface area contributed by atoms with Crippen LogP contribution >= 0.6 is 0 Å². The molecule has 20 heavy (non-hydrogen) atoms. The van der Waals surface area contributed by atoms with Crippen LogP contribution in [-0.2, 0) is 0 Å². The second kappa shape index (κ2) is 10.7. The van der Waals surface area contributed by atoms with E-state index >= 15 is 0 Å². The zero-order valence-electron chi connectivity index (χ0n) is 13.8. The molecule has 0 N–H and O–H groups in total. The standard InChI is InChI=1S/C20H32/c1-4-7-9-11-14-18(6-3)20(17-8-5-2)19-15-12-10-13-16-19/h10,12-13,15-16H,4-9,11,14,17H2,1-3H3. The summed E-state index contributed by atoms with van der Waals surface area (Å²) in [4.78, 5) is 0. The normalized spacial score (nSPS) is 12.3. The van der Waals surface area contributed by atoms with Gasteiger partial charge < -0.3 is 0 Å². The van der Waals surface area contributed by atoms with E-state index in [9.17, 15) is 0 Å². The van der Waals surface area contributed by atoms with Crippen molar-refractivity contribution in [1.29, 1.82) is 0 Å². The Hall–Kier alpha value is -1.04. The molecule has 0 heteroatoms. The summed E-state index contributed by atoms with van der Waals surface area (Å²) in [7, 11) is 0. The highest BCUT2D eigenvalue weighted by atomic mass is 14.1. The third-order valence-corrected chi connectivity index (χ3v) is 4.09. The minimum atomic E-state index is 1.21. The molecule has 0 saturated heterocycles. The van der Waals surface area contributed by atoms with E-state index in [4.69, 9.17) is 0 Å². The van der Waals surface area contributed by atoms with Crippen molar-refractivity contribution in [3.8, 4) is 0 Å². The van der Waals surface area contributed by atoms with Crippen molar-refractivity contribution in [3.05, 3.63) is 41.5 Å².